The average Bonchev–Trinajstić information content (AvgIpc) is 3.32. The summed E-state index contributed by atoms with van der Waals surface area (Å²) < 4.78 is 14.5. The fourth-order valence-corrected chi connectivity index (χ4v) is 5.18. The van der Waals surface area contributed by atoms with Crippen LogP contribution < -0.4 is 21.3 Å². The molecule has 0 aliphatic carbocycles. The van der Waals surface area contributed by atoms with Crippen LogP contribution in [0, 0.1) is 17.7 Å². The van der Waals surface area contributed by atoms with Gasteiger partial charge < -0.3 is 11.1 Å². The normalized spacial score (nSPS) is 28.7. The second kappa shape index (κ2) is 6.71. The molecule has 2 saturated heterocycles. The molecular formula is C22H19FN4O4. The summed E-state index contributed by atoms with van der Waals surface area (Å²) in [6, 6.07) is 11.8. The number of anilines is 2. The van der Waals surface area contributed by atoms with Crippen LogP contribution in [0.1, 0.15) is 18.4 Å². The molecule has 8 nitrogen and oxygen atoms in total. The molecule has 9 heteroatoms. The van der Waals surface area contributed by atoms with E-state index in [-0.39, 0.29) is 18.5 Å². The first kappa shape index (κ1) is 19.4. The number of amides is 4. The van der Waals surface area contributed by atoms with Crippen LogP contribution in [0.3, 0.4) is 0 Å². The number of primary amides is 1. The van der Waals surface area contributed by atoms with Gasteiger partial charge in [-0.05, 0) is 24.6 Å². The van der Waals surface area contributed by atoms with E-state index >= 15 is 0 Å². The van der Waals surface area contributed by atoms with Crippen molar-refractivity contribution in [2.75, 3.05) is 10.2 Å². The lowest BCUT2D eigenvalue weighted by Gasteiger charge is -2.29. The van der Waals surface area contributed by atoms with Gasteiger partial charge in [-0.2, -0.15) is 0 Å². The monoisotopic (exact) mass is 422 g/mol. The minimum Gasteiger partial charge on any atom is -0.370 e. The van der Waals surface area contributed by atoms with Gasteiger partial charge in [0.15, 0.2) is 0 Å². The van der Waals surface area contributed by atoms with Crippen molar-refractivity contribution >= 4 is 35.0 Å². The quantitative estimate of drug-likeness (QED) is 0.635. The number of para-hydroxylation sites is 2. The van der Waals surface area contributed by atoms with Crippen LogP contribution in [0.15, 0.2) is 48.5 Å². The summed E-state index contributed by atoms with van der Waals surface area (Å²) in [7, 11) is 0. The molecule has 2 aromatic carbocycles. The molecule has 4 amide bonds. The Bertz CT molecular complexity index is 1150. The number of hydrogen-bond donors (Lipinski definition) is 3. The van der Waals surface area contributed by atoms with Crippen molar-refractivity contribution < 1.29 is 23.6 Å². The van der Waals surface area contributed by atoms with E-state index in [4.69, 9.17) is 5.73 Å². The van der Waals surface area contributed by atoms with E-state index in [1.165, 1.54) is 24.3 Å². The summed E-state index contributed by atoms with van der Waals surface area (Å²) in [5, 5.41) is 5.98. The third-order valence-corrected chi connectivity index (χ3v) is 6.42. The molecule has 5 rings (SSSR count). The van der Waals surface area contributed by atoms with Crippen LogP contribution in [0.2, 0.25) is 0 Å². The second-order valence-corrected chi connectivity index (χ2v) is 8.03. The molecule has 31 heavy (non-hydrogen) atoms. The van der Waals surface area contributed by atoms with Crippen LogP contribution in [0.5, 0.6) is 0 Å². The van der Waals surface area contributed by atoms with E-state index in [1.807, 2.05) is 0 Å². The van der Waals surface area contributed by atoms with Crippen molar-refractivity contribution in [3.8, 4) is 0 Å². The van der Waals surface area contributed by atoms with Gasteiger partial charge in [-0.25, -0.2) is 9.29 Å². The summed E-state index contributed by atoms with van der Waals surface area (Å²) >= 11 is 0. The highest BCUT2D eigenvalue weighted by atomic mass is 19.1. The Kier molecular flexibility index (Phi) is 4.19. The van der Waals surface area contributed by atoms with Gasteiger partial charge in [0.25, 0.3) is 0 Å². The minimum absolute atomic E-state index is 0.0264. The van der Waals surface area contributed by atoms with Crippen LogP contribution in [0.25, 0.3) is 0 Å². The Balaban J connectivity index is 1.66. The number of fused-ring (bicyclic) bond motifs is 4. The van der Waals surface area contributed by atoms with Crippen molar-refractivity contribution in [2.45, 2.75) is 24.4 Å². The number of carbonyl (C=O) groups excluding carboxylic acids is 4. The maximum Gasteiger partial charge on any atom is 0.250 e. The highest BCUT2D eigenvalue weighted by Crippen LogP contribution is 2.54. The molecule has 2 fully saturated rings. The zero-order valence-corrected chi connectivity index (χ0v) is 16.3. The van der Waals surface area contributed by atoms with Gasteiger partial charge in [-0.1, -0.05) is 30.3 Å². The predicted octanol–water partition coefficient (Wildman–Crippen LogP) is 1.02. The van der Waals surface area contributed by atoms with Crippen molar-refractivity contribution in [3.63, 3.8) is 0 Å². The fourth-order valence-electron chi connectivity index (χ4n) is 5.18. The third-order valence-electron chi connectivity index (χ3n) is 6.42. The first-order chi connectivity index (χ1) is 14.9. The van der Waals surface area contributed by atoms with Crippen molar-refractivity contribution in [2.24, 2.45) is 17.6 Å². The number of hydrogen-bond acceptors (Lipinski definition) is 5. The lowest BCUT2D eigenvalue weighted by atomic mass is 9.76. The molecule has 0 bridgehead atoms. The topological polar surface area (TPSA) is 122 Å². The SMILES string of the molecule is NC(=O)CC[C@@H]1N[C@]2(C(=O)Nc3ccccc32)[C@@H]2C(=O)N(c3ccccc3F)C(=O)[C@@H]12. The van der Waals surface area contributed by atoms with Crippen molar-refractivity contribution in [1.82, 2.24) is 5.32 Å². The predicted molar refractivity (Wildman–Crippen MR) is 108 cm³/mol. The van der Waals surface area contributed by atoms with Gasteiger partial charge in [0.05, 0.1) is 17.5 Å². The molecule has 3 aliphatic heterocycles. The molecule has 0 radical (unpaired) electrons. The number of nitrogens with zero attached hydrogens (tertiary/aromatic N) is 1. The van der Waals surface area contributed by atoms with Gasteiger partial charge in [0.2, 0.25) is 23.6 Å². The lowest BCUT2D eigenvalue weighted by molar-refractivity contribution is -0.130. The lowest BCUT2D eigenvalue weighted by Crippen LogP contribution is -2.53. The van der Waals surface area contributed by atoms with Crippen LogP contribution >= 0.6 is 0 Å². The molecule has 0 saturated carbocycles. The molecule has 0 unspecified atom stereocenters. The maximum atomic E-state index is 14.5. The summed E-state index contributed by atoms with van der Waals surface area (Å²) in [5.74, 6) is -5.00. The Morgan fingerprint density at radius 1 is 1.06 bits per heavy atom. The molecule has 3 aliphatic rings. The van der Waals surface area contributed by atoms with Gasteiger partial charge in [-0.15, -0.1) is 0 Å². The van der Waals surface area contributed by atoms with Crippen LogP contribution in [-0.4, -0.2) is 29.7 Å². The summed E-state index contributed by atoms with van der Waals surface area (Å²) in [6.45, 7) is 0. The smallest absolute Gasteiger partial charge is 0.250 e. The molecule has 0 aromatic heterocycles. The van der Waals surface area contributed by atoms with Gasteiger partial charge in [-0.3, -0.25) is 24.5 Å². The van der Waals surface area contributed by atoms with E-state index in [1.54, 1.807) is 24.3 Å². The van der Waals surface area contributed by atoms with E-state index in [0.29, 0.717) is 11.3 Å². The first-order valence-corrected chi connectivity index (χ1v) is 9.95. The molecular weight excluding hydrogens is 403 g/mol. The molecule has 1 spiro atoms. The largest absolute Gasteiger partial charge is 0.370 e. The first-order valence-electron chi connectivity index (χ1n) is 9.95. The van der Waals surface area contributed by atoms with E-state index < -0.39 is 52.9 Å². The second-order valence-electron chi connectivity index (χ2n) is 8.03. The van der Waals surface area contributed by atoms with Crippen molar-refractivity contribution in [1.29, 1.82) is 0 Å². The van der Waals surface area contributed by atoms with E-state index in [9.17, 15) is 23.6 Å². The number of benzene rings is 2. The molecule has 158 valence electrons. The molecule has 3 heterocycles. The summed E-state index contributed by atoms with van der Waals surface area (Å²) in [6.07, 6.45) is 0.138. The highest BCUT2D eigenvalue weighted by Gasteiger charge is 2.70. The number of nitrogens with one attached hydrogen (secondary N) is 2. The standard InChI is InChI=1S/C22H19FN4O4/c23-12-6-2-4-8-15(12)27-19(29)17-14(9-10-16(24)28)26-22(18(17)20(27)30)11-5-1-3-7-13(11)25-21(22)31/h1-8,14,17-18,26H,9-10H2,(H2,24,28)(H,25,31)/t14-,17-,18-,22-/m0/s1. The zero-order chi connectivity index (χ0) is 21.9. The van der Waals surface area contributed by atoms with Gasteiger partial charge in [0.1, 0.15) is 11.4 Å². The fraction of sp³-hybridized carbons (Fsp3) is 0.273. The van der Waals surface area contributed by atoms with Crippen LogP contribution in [0.4, 0.5) is 15.8 Å². The van der Waals surface area contributed by atoms with Crippen LogP contribution in [-0.2, 0) is 24.7 Å². The number of carbonyl (C=O) groups is 4. The third kappa shape index (κ3) is 2.56. The Hall–Kier alpha value is -3.59. The number of rotatable bonds is 4. The number of imide groups is 1. The molecule has 2 aromatic rings. The summed E-state index contributed by atoms with van der Waals surface area (Å²) in [4.78, 5) is 52.4. The number of nitrogens with two attached hydrogens (primary N) is 1. The van der Waals surface area contributed by atoms with Crippen molar-refractivity contribution in [3.05, 3.63) is 59.9 Å². The Morgan fingerprint density at radius 3 is 2.52 bits per heavy atom. The minimum atomic E-state index is -1.49. The van der Waals surface area contributed by atoms with E-state index in [0.717, 1.165) is 4.90 Å². The van der Waals surface area contributed by atoms with Gasteiger partial charge in [0, 0.05) is 23.7 Å². The zero-order valence-electron chi connectivity index (χ0n) is 16.3. The summed E-state index contributed by atoms with van der Waals surface area (Å²) in [5.41, 5.74) is 4.75. The Labute approximate surface area is 176 Å². The van der Waals surface area contributed by atoms with E-state index in [2.05, 4.69) is 10.6 Å². The average molecular weight is 422 g/mol. The number of halogens is 1. The maximum absolute atomic E-state index is 14.5. The molecule has 4 atom stereocenters. The molecule has 4 N–H and O–H groups in total. The Morgan fingerprint density at radius 2 is 1.77 bits per heavy atom. The highest BCUT2D eigenvalue weighted by molar-refractivity contribution is 6.25. The van der Waals surface area contributed by atoms with Gasteiger partial charge >= 0.3 is 0 Å².